The Morgan fingerprint density at radius 2 is 2.09 bits per heavy atom. The van der Waals surface area contributed by atoms with Gasteiger partial charge in [-0.15, -0.1) is 0 Å². The first-order valence-electron chi connectivity index (χ1n) is 10.7. The molecule has 2 saturated heterocycles. The molecule has 2 aromatic rings. The fourth-order valence-electron chi connectivity index (χ4n) is 4.17. The van der Waals surface area contributed by atoms with E-state index in [2.05, 4.69) is 16.4 Å². The molecule has 2 amide bonds. The van der Waals surface area contributed by atoms with Gasteiger partial charge in [0.05, 0.1) is 30.8 Å². The summed E-state index contributed by atoms with van der Waals surface area (Å²) in [5, 5.41) is 13.7. The van der Waals surface area contributed by atoms with Gasteiger partial charge in [0, 0.05) is 23.5 Å². The van der Waals surface area contributed by atoms with Crippen molar-refractivity contribution < 1.29 is 27.5 Å². The maximum absolute atomic E-state index is 14.4. The number of alkyl halides is 2. The molecule has 34 heavy (non-hydrogen) atoms. The number of carbonyl (C=O) groups excluding carboxylic acids is 2. The summed E-state index contributed by atoms with van der Waals surface area (Å²) in [6.45, 7) is 1.93. The van der Waals surface area contributed by atoms with E-state index in [1.54, 1.807) is 24.4 Å². The summed E-state index contributed by atoms with van der Waals surface area (Å²) in [4.78, 5) is 27.9. The summed E-state index contributed by atoms with van der Waals surface area (Å²) in [6.07, 6.45) is -1.59. The normalized spacial score (nSPS) is 24.6. The van der Waals surface area contributed by atoms with Crippen molar-refractivity contribution in [3.8, 4) is 17.2 Å². The molecule has 1 aromatic carbocycles. The van der Waals surface area contributed by atoms with Gasteiger partial charge in [0.1, 0.15) is 11.9 Å². The van der Waals surface area contributed by atoms with Gasteiger partial charge in [-0.1, -0.05) is 6.07 Å². The molecule has 11 heteroatoms. The van der Waals surface area contributed by atoms with Crippen molar-refractivity contribution in [2.75, 3.05) is 31.1 Å². The highest BCUT2D eigenvalue weighted by Gasteiger charge is 2.53. The van der Waals surface area contributed by atoms with E-state index in [1.165, 1.54) is 23.2 Å². The van der Waals surface area contributed by atoms with Gasteiger partial charge in [-0.05, 0) is 49.2 Å². The molecular weight excluding hydrogens is 451 g/mol. The molecule has 1 saturated carbocycles. The third kappa shape index (κ3) is 5.12. The highest BCUT2D eigenvalue weighted by atomic mass is 19.3. The largest absolute Gasteiger partial charge is 0.442 e. The minimum atomic E-state index is -3.14. The predicted octanol–water partition coefficient (Wildman–Crippen LogP) is 2.57. The number of cyclic esters (lactones) is 1. The van der Waals surface area contributed by atoms with Crippen LogP contribution < -0.4 is 15.5 Å². The third-order valence-electron chi connectivity index (χ3n) is 6.05. The van der Waals surface area contributed by atoms with Gasteiger partial charge in [-0.2, -0.15) is 14.0 Å². The summed E-state index contributed by atoms with van der Waals surface area (Å²) < 4.78 is 43.8. The molecule has 1 aliphatic carbocycles. The number of nitrogens with one attached hydrogen (secondary N) is 2. The van der Waals surface area contributed by atoms with E-state index in [-0.39, 0.29) is 18.8 Å². The summed E-state index contributed by atoms with van der Waals surface area (Å²) >= 11 is 0. The van der Waals surface area contributed by atoms with Crippen LogP contribution in [0.5, 0.6) is 0 Å². The molecule has 4 atom stereocenters. The van der Waals surface area contributed by atoms with Crippen LogP contribution in [0.1, 0.15) is 0 Å². The molecule has 8 nitrogen and oxygen atoms in total. The van der Waals surface area contributed by atoms with E-state index < -0.39 is 30.3 Å². The number of amides is 2. The monoisotopic (exact) mass is 473 g/mol. The lowest BCUT2D eigenvalue weighted by Gasteiger charge is -2.14. The standard InChI is InChI=1S/C17H14F3N3O3.C6H8N2/c18-14-6-11(3-4-13(14)10-2-1-5-21-7-10)23-9-12(26-17(23)25)8-22-16(24)15(19)20;7-1-4-5-2-8-3-6(4)5/h1-7,12,15H,8-9H2,(H,22,24);4-6,8H,2-3H2/t;4?,5-,6+. The molecule has 178 valence electrons. The van der Waals surface area contributed by atoms with Gasteiger partial charge in [0.15, 0.2) is 0 Å². The first-order chi connectivity index (χ1) is 16.4. The minimum absolute atomic E-state index is 0.00797. The second-order valence-corrected chi connectivity index (χ2v) is 8.21. The first-order valence-corrected chi connectivity index (χ1v) is 10.7. The molecule has 3 aliphatic rings. The molecule has 1 aromatic heterocycles. The van der Waals surface area contributed by atoms with Crippen LogP contribution >= 0.6 is 0 Å². The lowest BCUT2D eigenvalue weighted by molar-refractivity contribution is -0.132. The van der Waals surface area contributed by atoms with Gasteiger partial charge in [-0.25, -0.2) is 9.18 Å². The average Bonchev–Trinajstić information content (AvgIpc) is 3.12. The number of benzene rings is 1. The Morgan fingerprint density at radius 1 is 1.32 bits per heavy atom. The zero-order valence-electron chi connectivity index (χ0n) is 18.0. The van der Waals surface area contributed by atoms with Crippen molar-refractivity contribution in [1.29, 1.82) is 5.26 Å². The average molecular weight is 473 g/mol. The Bertz CT molecular complexity index is 1090. The molecular formula is C23H22F3N5O3. The number of ether oxygens (including phenoxy) is 1. The number of halogens is 3. The van der Waals surface area contributed by atoms with Crippen LogP contribution in [-0.4, -0.2) is 55.7 Å². The highest BCUT2D eigenvalue weighted by Crippen LogP contribution is 2.47. The Labute approximate surface area is 193 Å². The second kappa shape index (κ2) is 10.1. The smallest absolute Gasteiger partial charge is 0.414 e. The number of carbonyl (C=O) groups is 2. The number of hydrogen-bond donors (Lipinski definition) is 2. The van der Waals surface area contributed by atoms with Gasteiger partial charge in [-0.3, -0.25) is 14.7 Å². The van der Waals surface area contributed by atoms with Crippen LogP contribution in [0.2, 0.25) is 0 Å². The lowest BCUT2D eigenvalue weighted by Crippen LogP contribution is -2.37. The third-order valence-corrected chi connectivity index (χ3v) is 6.05. The van der Waals surface area contributed by atoms with E-state index in [0.717, 1.165) is 24.9 Å². The molecule has 2 aliphatic heterocycles. The zero-order valence-corrected chi connectivity index (χ0v) is 18.0. The molecule has 5 rings (SSSR count). The molecule has 0 radical (unpaired) electrons. The van der Waals surface area contributed by atoms with E-state index in [9.17, 15) is 22.8 Å². The van der Waals surface area contributed by atoms with Gasteiger partial charge >= 0.3 is 12.5 Å². The fourth-order valence-corrected chi connectivity index (χ4v) is 4.17. The van der Waals surface area contributed by atoms with Crippen LogP contribution in [0.3, 0.4) is 0 Å². The Hall–Kier alpha value is -3.65. The van der Waals surface area contributed by atoms with E-state index in [1.807, 2.05) is 5.32 Å². The number of piperidine rings is 1. The maximum Gasteiger partial charge on any atom is 0.414 e. The number of fused-ring (bicyclic) bond motifs is 1. The molecule has 2 N–H and O–H groups in total. The van der Waals surface area contributed by atoms with Crippen LogP contribution in [0.15, 0.2) is 42.7 Å². The zero-order chi connectivity index (χ0) is 24.2. The Balaban J connectivity index is 0.000000285. The van der Waals surface area contributed by atoms with Crippen molar-refractivity contribution in [3.63, 3.8) is 0 Å². The molecule has 3 fully saturated rings. The van der Waals surface area contributed by atoms with Gasteiger partial charge < -0.3 is 15.4 Å². The van der Waals surface area contributed by atoms with Gasteiger partial charge in [0.2, 0.25) is 0 Å². The van der Waals surface area contributed by atoms with Crippen molar-refractivity contribution in [2.24, 2.45) is 17.8 Å². The molecule has 2 unspecified atom stereocenters. The second-order valence-electron chi connectivity index (χ2n) is 8.21. The van der Waals surface area contributed by atoms with Crippen LogP contribution in [-0.2, 0) is 9.53 Å². The molecule has 3 heterocycles. The summed E-state index contributed by atoms with van der Waals surface area (Å²) in [5.41, 5.74) is 1.19. The van der Waals surface area contributed by atoms with E-state index in [0.29, 0.717) is 17.0 Å². The maximum atomic E-state index is 14.4. The number of hydrogen-bond acceptors (Lipinski definition) is 6. The quantitative estimate of drug-likeness (QED) is 0.691. The predicted molar refractivity (Wildman–Crippen MR) is 115 cm³/mol. The highest BCUT2D eigenvalue weighted by molar-refractivity contribution is 5.90. The van der Waals surface area contributed by atoms with E-state index in [4.69, 9.17) is 10.00 Å². The molecule has 0 bridgehead atoms. The number of nitriles is 1. The van der Waals surface area contributed by atoms with Crippen molar-refractivity contribution in [2.45, 2.75) is 12.5 Å². The molecule has 0 spiro atoms. The van der Waals surface area contributed by atoms with E-state index >= 15 is 0 Å². The summed E-state index contributed by atoms with van der Waals surface area (Å²) in [7, 11) is 0. The lowest BCUT2D eigenvalue weighted by atomic mass is 10.1. The van der Waals surface area contributed by atoms with Crippen LogP contribution in [0.25, 0.3) is 11.1 Å². The van der Waals surface area contributed by atoms with Crippen molar-refractivity contribution in [3.05, 3.63) is 48.5 Å². The van der Waals surface area contributed by atoms with Crippen molar-refractivity contribution in [1.82, 2.24) is 15.6 Å². The Morgan fingerprint density at radius 3 is 2.68 bits per heavy atom. The van der Waals surface area contributed by atoms with Crippen LogP contribution in [0, 0.1) is 34.9 Å². The first kappa shape index (κ1) is 23.5. The van der Waals surface area contributed by atoms with Crippen molar-refractivity contribution >= 4 is 17.7 Å². The SMILES string of the molecule is N#CC1[C@H]2CNC[C@@H]12.O=C(NCC1CN(c2ccc(-c3cccnc3)c(F)c2)C(=O)O1)C(F)F. The fraction of sp³-hybridized carbons (Fsp3) is 0.391. The number of rotatable bonds is 5. The summed E-state index contributed by atoms with van der Waals surface area (Å²) in [5.74, 6) is -0.125. The Kier molecular flexibility index (Phi) is 6.98. The summed E-state index contributed by atoms with van der Waals surface area (Å²) in [6, 6.07) is 9.93. The minimum Gasteiger partial charge on any atom is -0.442 e. The van der Waals surface area contributed by atoms with Crippen LogP contribution in [0.4, 0.5) is 23.7 Å². The number of nitrogens with zero attached hydrogens (tertiary/aromatic N) is 3. The topological polar surface area (TPSA) is 107 Å². The number of anilines is 1. The number of aromatic nitrogens is 1. The van der Waals surface area contributed by atoms with Gasteiger partial charge in [0.25, 0.3) is 5.91 Å². The number of pyridine rings is 1.